The summed E-state index contributed by atoms with van der Waals surface area (Å²) in [6, 6.07) is 0. The normalized spacial score (nSPS) is 27.9. The van der Waals surface area contributed by atoms with Crippen molar-refractivity contribution in [1.29, 1.82) is 0 Å². The minimum atomic E-state index is 0.789. The highest BCUT2D eigenvalue weighted by molar-refractivity contribution is 5.58. The molecule has 0 aromatic heterocycles. The zero-order valence-corrected chi connectivity index (χ0v) is 5.17. The van der Waals surface area contributed by atoms with E-state index >= 15 is 0 Å². The predicted molar refractivity (Wildman–Crippen MR) is 36.0 cm³/mol. The number of aliphatic imine (C=N–C) groups is 1. The van der Waals surface area contributed by atoms with E-state index in [1.54, 1.807) is 0 Å². The second-order valence-electron chi connectivity index (χ2n) is 2.29. The minimum absolute atomic E-state index is 0.789. The first kappa shape index (κ1) is 5.54. The van der Waals surface area contributed by atoms with E-state index in [1.807, 2.05) is 12.4 Å². The van der Waals surface area contributed by atoms with E-state index < -0.39 is 0 Å². The fourth-order valence-electron chi connectivity index (χ4n) is 0.752. The van der Waals surface area contributed by atoms with Gasteiger partial charge in [-0.2, -0.15) is 0 Å². The van der Waals surface area contributed by atoms with Crippen molar-refractivity contribution in [3.05, 3.63) is 12.3 Å². The van der Waals surface area contributed by atoms with Crippen molar-refractivity contribution in [2.75, 3.05) is 0 Å². The van der Waals surface area contributed by atoms with Crippen LogP contribution < -0.4 is 0 Å². The molecule has 44 valence electrons. The summed E-state index contributed by atoms with van der Waals surface area (Å²) < 4.78 is 0. The van der Waals surface area contributed by atoms with Crippen molar-refractivity contribution >= 4 is 6.21 Å². The molecule has 0 spiro atoms. The Morgan fingerprint density at radius 2 is 2.38 bits per heavy atom. The second-order valence-corrected chi connectivity index (χ2v) is 2.29. The molecule has 0 saturated heterocycles. The second kappa shape index (κ2) is 2.65. The molecule has 0 saturated carbocycles. The topological polar surface area (TPSA) is 12.4 Å². The summed E-state index contributed by atoms with van der Waals surface area (Å²) in [6.45, 7) is 2.24. The monoisotopic (exact) mass is 109 g/mol. The summed E-state index contributed by atoms with van der Waals surface area (Å²) in [7, 11) is 0. The molecule has 1 atom stereocenters. The fraction of sp³-hybridized carbons (Fsp3) is 0.571. The van der Waals surface area contributed by atoms with Crippen LogP contribution in [0.15, 0.2) is 17.3 Å². The first-order valence-electron chi connectivity index (χ1n) is 3.06. The van der Waals surface area contributed by atoms with Gasteiger partial charge in [-0.1, -0.05) is 13.0 Å². The average Bonchev–Trinajstić information content (AvgIpc) is 1.94. The summed E-state index contributed by atoms with van der Waals surface area (Å²) in [5.41, 5.74) is 0. The molecule has 1 heterocycles. The Morgan fingerprint density at radius 1 is 1.50 bits per heavy atom. The molecule has 0 fully saturated rings. The number of nitrogens with zero attached hydrogens (tertiary/aromatic N) is 1. The molecule has 1 rings (SSSR count). The molecule has 1 heteroatoms. The van der Waals surface area contributed by atoms with Gasteiger partial charge in [0, 0.05) is 12.4 Å². The van der Waals surface area contributed by atoms with Gasteiger partial charge in [0.2, 0.25) is 0 Å². The summed E-state index contributed by atoms with van der Waals surface area (Å²) >= 11 is 0. The van der Waals surface area contributed by atoms with Crippen molar-refractivity contribution in [2.45, 2.75) is 19.8 Å². The van der Waals surface area contributed by atoms with Gasteiger partial charge in [0.15, 0.2) is 0 Å². The molecule has 0 N–H and O–H groups in total. The SMILES string of the molecule is CC1CC=CN=CC1. The quantitative estimate of drug-likeness (QED) is 0.451. The van der Waals surface area contributed by atoms with Crippen LogP contribution in [0.25, 0.3) is 0 Å². The van der Waals surface area contributed by atoms with E-state index in [1.165, 1.54) is 6.42 Å². The molecule has 0 aromatic carbocycles. The number of hydrogen-bond acceptors (Lipinski definition) is 1. The van der Waals surface area contributed by atoms with Crippen LogP contribution in [-0.4, -0.2) is 6.21 Å². The lowest BCUT2D eigenvalue weighted by molar-refractivity contribution is 0.629. The van der Waals surface area contributed by atoms with E-state index in [0.29, 0.717) is 0 Å². The highest BCUT2D eigenvalue weighted by atomic mass is 14.7. The zero-order chi connectivity index (χ0) is 5.82. The third-order valence-corrected chi connectivity index (χ3v) is 1.34. The highest BCUT2D eigenvalue weighted by Crippen LogP contribution is 2.08. The highest BCUT2D eigenvalue weighted by Gasteiger charge is 1.97. The smallest absolute Gasteiger partial charge is 0.0224 e. The van der Waals surface area contributed by atoms with Gasteiger partial charge >= 0.3 is 0 Å². The van der Waals surface area contributed by atoms with E-state index in [4.69, 9.17) is 0 Å². The molecule has 1 unspecified atom stereocenters. The number of allylic oxidation sites excluding steroid dienone is 1. The van der Waals surface area contributed by atoms with Crippen LogP contribution in [0.2, 0.25) is 0 Å². The largest absolute Gasteiger partial charge is 0.269 e. The van der Waals surface area contributed by atoms with Gasteiger partial charge in [-0.25, -0.2) is 0 Å². The third-order valence-electron chi connectivity index (χ3n) is 1.34. The Bertz CT molecular complexity index is 99.6. The van der Waals surface area contributed by atoms with Gasteiger partial charge in [-0.05, 0) is 18.8 Å². The van der Waals surface area contributed by atoms with Gasteiger partial charge in [0.05, 0.1) is 0 Å². The Labute approximate surface area is 50.1 Å². The number of hydrogen-bond donors (Lipinski definition) is 0. The lowest BCUT2D eigenvalue weighted by Gasteiger charge is -1.98. The maximum absolute atomic E-state index is 4.02. The lowest BCUT2D eigenvalue weighted by atomic mass is 10.1. The van der Waals surface area contributed by atoms with Crippen LogP contribution in [0.3, 0.4) is 0 Å². The van der Waals surface area contributed by atoms with Crippen LogP contribution in [0, 0.1) is 5.92 Å². The Balaban J connectivity index is 2.45. The van der Waals surface area contributed by atoms with Crippen molar-refractivity contribution in [3.8, 4) is 0 Å². The van der Waals surface area contributed by atoms with Crippen molar-refractivity contribution in [2.24, 2.45) is 10.9 Å². The minimum Gasteiger partial charge on any atom is -0.269 e. The molecular weight excluding hydrogens is 98.1 g/mol. The Hall–Kier alpha value is -0.590. The first-order valence-corrected chi connectivity index (χ1v) is 3.06. The van der Waals surface area contributed by atoms with Gasteiger partial charge in [0.25, 0.3) is 0 Å². The van der Waals surface area contributed by atoms with Crippen molar-refractivity contribution < 1.29 is 0 Å². The average molecular weight is 109 g/mol. The van der Waals surface area contributed by atoms with Crippen LogP contribution in [0.1, 0.15) is 19.8 Å². The van der Waals surface area contributed by atoms with Crippen molar-refractivity contribution in [3.63, 3.8) is 0 Å². The molecule has 1 aliphatic heterocycles. The summed E-state index contributed by atoms with van der Waals surface area (Å²) in [5.74, 6) is 0.789. The summed E-state index contributed by atoms with van der Waals surface area (Å²) in [6.07, 6.45) is 8.29. The predicted octanol–water partition coefficient (Wildman–Crippen LogP) is 2.00. The maximum atomic E-state index is 4.02. The zero-order valence-electron chi connectivity index (χ0n) is 5.17. The van der Waals surface area contributed by atoms with E-state index in [0.717, 1.165) is 12.3 Å². The van der Waals surface area contributed by atoms with E-state index in [9.17, 15) is 0 Å². The van der Waals surface area contributed by atoms with E-state index in [-0.39, 0.29) is 0 Å². The summed E-state index contributed by atoms with van der Waals surface area (Å²) in [5, 5.41) is 0. The molecule has 0 amide bonds. The molecule has 8 heavy (non-hydrogen) atoms. The van der Waals surface area contributed by atoms with Gasteiger partial charge in [0.1, 0.15) is 0 Å². The molecule has 0 radical (unpaired) electrons. The fourth-order valence-corrected chi connectivity index (χ4v) is 0.752. The Morgan fingerprint density at radius 3 is 3.25 bits per heavy atom. The van der Waals surface area contributed by atoms with Gasteiger partial charge in [-0.15, -0.1) is 0 Å². The van der Waals surface area contributed by atoms with Gasteiger partial charge in [-0.3, -0.25) is 4.99 Å². The molecule has 0 aliphatic carbocycles. The van der Waals surface area contributed by atoms with Crippen molar-refractivity contribution in [1.82, 2.24) is 0 Å². The van der Waals surface area contributed by atoms with Crippen LogP contribution >= 0.6 is 0 Å². The molecular formula is C7H11N. The van der Waals surface area contributed by atoms with Crippen LogP contribution in [0.4, 0.5) is 0 Å². The summed E-state index contributed by atoms with van der Waals surface area (Å²) in [4.78, 5) is 4.02. The molecule has 0 bridgehead atoms. The van der Waals surface area contributed by atoms with E-state index in [2.05, 4.69) is 18.0 Å². The lowest BCUT2D eigenvalue weighted by Crippen LogP contribution is -1.90. The standard InChI is InChI=1S/C7H11N/c1-7-3-2-5-8-6-4-7/h2,5-7H,3-4H2,1H3. The van der Waals surface area contributed by atoms with Crippen LogP contribution in [-0.2, 0) is 0 Å². The van der Waals surface area contributed by atoms with Gasteiger partial charge < -0.3 is 0 Å². The van der Waals surface area contributed by atoms with Crippen LogP contribution in [0.5, 0.6) is 0 Å². The molecule has 1 nitrogen and oxygen atoms in total. The maximum Gasteiger partial charge on any atom is 0.0224 e. The molecule has 0 aromatic rings. The number of rotatable bonds is 0. The third kappa shape index (κ3) is 1.49. The first-order chi connectivity index (χ1) is 3.89. The molecule has 1 aliphatic rings. The Kier molecular flexibility index (Phi) is 1.84.